The number of aromatic nitrogens is 3. The van der Waals surface area contributed by atoms with E-state index in [4.69, 9.17) is 4.98 Å². The molecule has 0 fully saturated rings. The van der Waals surface area contributed by atoms with Crippen molar-refractivity contribution < 1.29 is 0 Å². The van der Waals surface area contributed by atoms with E-state index in [0.29, 0.717) is 0 Å². The van der Waals surface area contributed by atoms with Gasteiger partial charge in [-0.1, -0.05) is 84.9 Å². The molecule has 0 aliphatic carbocycles. The van der Waals surface area contributed by atoms with Gasteiger partial charge in [0, 0.05) is 32.6 Å². The third-order valence-electron chi connectivity index (χ3n) is 8.04. The molecule has 176 valence electrons. The number of para-hydroxylation sites is 3. The maximum Gasteiger partial charge on any atom is 0.146 e. The summed E-state index contributed by atoms with van der Waals surface area (Å²) in [5.74, 6) is 0. The van der Waals surface area contributed by atoms with Crippen LogP contribution in [0.3, 0.4) is 0 Å². The molecule has 0 aliphatic heterocycles. The normalized spacial score (nSPS) is 12.2. The maximum absolute atomic E-state index is 5.20. The van der Waals surface area contributed by atoms with Crippen LogP contribution in [0.2, 0.25) is 0 Å². The fraction of sp³-hybridized carbons (Fsp3) is 0. The Balaban J connectivity index is 1.52. The largest absolute Gasteiger partial charge is 0.309 e. The van der Waals surface area contributed by atoms with Gasteiger partial charge >= 0.3 is 0 Å². The first-order valence-electron chi connectivity index (χ1n) is 13.0. The van der Waals surface area contributed by atoms with E-state index in [9.17, 15) is 0 Å². The Morgan fingerprint density at radius 3 is 1.92 bits per heavy atom. The number of rotatable bonds is 1. The molecule has 0 N–H and O–H groups in total. The lowest BCUT2D eigenvalue weighted by atomic mass is 10.0. The number of fused-ring (bicyclic) bond motifs is 13. The molecule has 0 aliphatic rings. The first-order valence-corrected chi connectivity index (χ1v) is 13.0. The second-order valence-electron chi connectivity index (χ2n) is 10.0. The van der Waals surface area contributed by atoms with Crippen molar-refractivity contribution >= 4 is 70.9 Å². The van der Waals surface area contributed by atoms with Gasteiger partial charge in [0.05, 0.1) is 27.6 Å². The minimum absolute atomic E-state index is 1.01. The highest BCUT2D eigenvalue weighted by Gasteiger charge is 2.18. The number of nitrogens with zero attached hydrogens (tertiary/aromatic N) is 3. The van der Waals surface area contributed by atoms with Gasteiger partial charge in [-0.05, 0) is 53.2 Å². The van der Waals surface area contributed by atoms with E-state index in [-0.39, 0.29) is 0 Å². The number of hydrogen-bond acceptors (Lipinski definition) is 1. The van der Waals surface area contributed by atoms with Crippen LogP contribution >= 0.6 is 0 Å². The summed E-state index contributed by atoms with van der Waals surface area (Å²) in [6, 6.07) is 45.8. The van der Waals surface area contributed by atoms with Crippen molar-refractivity contribution in [3.63, 3.8) is 0 Å². The first-order chi connectivity index (χ1) is 18.9. The smallest absolute Gasteiger partial charge is 0.146 e. The molecule has 0 saturated carbocycles. The van der Waals surface area contributed by atoms with E-state index >= 15 is 0 Å². The number of imidazole rings is 1. The predicted octanol–water partition coefficient (Wildman–Crippen LogP) is 9.04. The van der Waals surface area contributed by atoms with Crippen molar-refractivity contribution in [1.29, 1.82) is 0 Å². The molecular weight excluding hydrogens is 462 g/mol. The lowest BCUT2D eigenvalue weighted by Gasteiger charge is -2.10. The zero-order chi connectivity index (χ0) is 24.8. The summed E-state index contributed by atoms with van der Waals surface area (Å²) in [4.78, 5) is 5.20. The minimum Gasteiger partial charge on any atom is -0.309 e. The van der Waals surface area contributed by atoms with E-state index in [0.717, 1.165) is 16.7 Å². The molecule has 0 atom stereocenters. The first kappa shape index (κ1) is 20.0. The summed E-state index contributed by atoms with van der Waals surface area (Å²) in [7, 11) is 0. The van der Waals surface area contributed by atoms with Crippen LogP contribution in [-0.4, -0.2) is 14.0 Å². The molecule has 0 saturated heterocycles. The molecule has 38 heavy (non-hydrogen) atoms. The van der Waals surface area contributed by atoms with Crippen LogP contribution in [0.15, 0.2) is 127 Å². The lowest BCUT2D eigenvalue weighted by Crippen LogP contribution is -1.93. The van der Waals surface area contributed by atoms with E-state index < -0.39 is 0 Å². The van der Waals surface area contributed by atoms with E-state index in [1.54, 1.807) is 0 Å². The zero-order valence-corrected chi connectivity index (χ0v) is 20.5. The second-order valence-corrected chi connectivity index (χ2v) is 10.0. The molecule has 3 heteroatoms. The van der Waals surface area contributed by atoms with Crippen LogP contribution < -0.4 is 0 Å². The Labute approximate surface area is 217 Å². The monoisotopic (exact) mass is 483 g/mol. The highest BCUT2D eigenvalue weighted by Crippen LogP contribution is 2.39. The Morgan fingerprint density at radius 2 is 1.11 bits per heavy atom. The van der Waals surface area contributed by atoms with Gasteiger partial charge in [0.1, 0.15) is 5.65 Å². The molecule has 3 heterocycles. The molecule has 0 amide bonds. The van der Waals surface area contributed by atoms with Crippen molar-refractivity contribution in [2.24, 2.45) is 0 Å². The molecule has 6 aromatic carbocycles. The van der Waals surface area contributed by atoms with Gasteiger partial charge in [0.15, 0.2) is 0 Å². The quantitative estimate of drug-likeness (QED) is 0.214. The third-order valence-corrected chi connectivity index (χ3v) is 8.04. The third kappa shape index (κ3) is 2.50. The Hall–Kier alpha value is -5.15. The van der Waals surface area contributed by atoms with Gasteiger partial charge in [-0.15, -0.1) is 0 Å². The highest BCUT2D eigenvalue weighted by molar-refractivity contribution is 6.20. The summed E-state index contributed by atoms with van der Waals surface area (Å²) in [6.07, 6.45) is 0. The summed E-state index contributed by atoms with van der Waals surface area (Å²) in [6.45, 7) is 0. The Kier molecular flexibility index (Phi) is 3.79. The topological polar surface area (TPSA) is 22.2 Å². The molecule has 3 aromatic heterocycles. The Morgan fingerprint density at radius 1 is 0.447 bits per heavy atom. The average molecular weight is 484 g/mol. The van der Waals surface area contributed by atoms with Gasteiger partial charge in [0.25, 0.3) is 0 Å². The summed E-state index contributed by atoms with van der Waals surface area (Å²) >= 11 is 0. The zero-order valence-electron chi connectivity index (χ0n) is 20.5. The van der Waals surface area contributed by atoms with Crippen LogP contribution in [-0.2, 0) is 0 Å². The minimum atomic E-state index is 1.01. The average Bonchev–Trinajstić information content (AvgIpc) is 3.53. The summed E-state index contributed by atoms with van der Waals surface area (Å²) in [5, 5.41) is 8.61. The van der Waals surface area contributed by atoms with Crippen molar-refractivity contribution in [3.8, 4) is 5.69 Å². The molecular formula is C35H21N3. The fourth-order valence-corrected chi connectivity index (χ4v) is 6.43. The second kappa shape index (κ2) is 7.21. The maximum atomic E-state index is 5.20. The number of benzene rings is 6. The van der Waals surface area contributed by atoms with Crippen molar-refractivity contribution in [2.45, 2.75) is 0 Å². The van der Waals surface area contributed by atoms with E-state index in [1.807, 2.05) is 0 Å². The molecule has 0 spiro atoms. The Bertz CT molecular complexity index is 2390. The van der Waals surface area contributed by atoms with Gasteiger partial charge in [-0.2, -0.15) is 0 Å². The SMILES string of the molecule is c1ccc(-n2c3ccccc3c3cc4c(ccc5nc6c7ccccc7c7ccccc7n6c54)cc32)cc1. The van der Waals surface area contributed by atoms with Crippen LogP contribution in [0.4, 0.5) is 0 Å². The van der Waals surface area contributed by atoms with E-state index in [1.165, 1.54) is 59.9 Å². The molecule has 0 unspecified atom stereocenters. The van der Waals surface area contributed by atoms with Crippen molar-refractivity contribution in [1.82, 2.24) is 14.0 Å². The van der Waals surface area contributed by atoms with Crippen LogP contribution in [0.1, 0.15) is 0 Å². The summed E-state index contributed by atoms with van der Waals surface area (Å²) < 4.78 is 4.75. The van der Waals surface area contributed by atoms with Crippen molar-refractivity contribution in [3.05, 3.63) is 127 Å². The van der Waals surface area contributed by atoms with Crippen molar-refractivity contribution in [2.75, 3.05) is 0 Å². The molecule has 0 bridgehead atoms. The number of hydrogen-bond donors (Lipinski definition) is 0. The van der Waals surface area contributed by atoms with Gasteiger partial charge in [-0.25, -0.2) is 4.98 Å². The fourth-order valence-electron chi connectivity index (χ4n) is 6.43. The van der Waals surface area contributed by atoms with E-state index in [2.05, 4.69) is 136 Å². The predicted molar refractivity (Wildman–Crippen MR) is 160 cm³/mol. The van der Waals surface area contributed by atoms with Crippen LogP contribution in [0.5, 0.6) is 0 Å². The summed E-state index contributed by atoms with van der Waals surface area (Å²) in [5.41, 5.74) is 7.98. The molecule has 0 radical (unpaired) electrons. The van der Waals surface area contributed by atoms with Crippen LogP contribution in [0.25, 0.3) is 76.6 Å². The standard InChI is InChI=1S/C35H21N3/c1-2-10-23(11-3-1)37-31-16-8-7-14-26(31)29-21-28-22(20-33(29)37)18-19-30-34(28)38-32-17-9-6-13-25(32)24-12-4-5-15-27(24)35(38)36-30/h1-21H. The highest BCUT2D eigenvalue weighted by atomic mass is 15.0. The lowest BCUT2D eigenvalue weighted by molar-refractivity contribution is 1.18. The molecule has 9 rings (SSSR count). The van der Waals surface area contributed by atoms with Gasteiger partial charge < -0.3 is 4.57 Å². The van der Waals surface area contributed by atoms with Gasteiger partial charge in [0.2, 0.25) is 0 Å². The number of pyridine rings is 1. The van der Waals surface area contributed by atoms with Crippen LogP contribution in [0, 0.1) is 0 Å². The molecule has 9 aromatic rings. The van der Waals surface area contributed by atoms with Gasteiger partial charge in [-0.3, -0.25) is 4.40 Å². The molecule has 3 nitrogen and oxygen atoms in total.